The molecule has 0 atom stereocenters. The molecule has 1 aromatic carbocycles. The molecule has 0 radical (unpaired) electrons. The van der Waals surface area contributed by atoms with Crippen molar-refractivity contribution in [3.63, 3.8) is 0 Å². The van der Waals surface area contributed by atoms with E-state index in [2.05, 4.69) is 4.98 Å². The first-order chi connectivity index (χ1) is 12.0. The summed E-state index contributed by atoms with van der Waals surface area (Å²) < 4.78 is 18.6. The van der Waals surface area contributed by atoms with Crippen molar-refractivity contribution >= 4 is 23.2 Å². The standard InChI is InChI=1S/C17H18FN3O3S/c1-12(22)20-5-7-21(8-6-20)17(23)15-11-25-16(19-15)10-24-14-4-2-3-13(18)9-14/h2-4,9,11H,5-8,10H2,1H3. The van der Waals surface area contributed by atoms with Gasteiger partial charge in [-0.2, -0.15) is 0 Å². The average Bonchev–Trinajstić information content (AvgIpc) is 3.08. The lowest BCUT2D eigenvalue weighted by Gasteiger charge is -2.33. The van der Waals surface area contributed by atoms with Crippen LogP contribution >= 0.6 is 11.3 Å². The largest absolute Gasteiger partial charge is 0.486 e. The Bertz CT molecular complexity index is 772. The lowest BCUT2D eigenvalue weighted by molar-refractivity contribution is -0.130. The van der Waals surface area contributed by atoms with Gasteiger partial charge in [-0.05, 0) is 12.1 Å². The van der Waals surface area contributed by atoms with E-state index in [9.17, 15) is 14.0 Å². The van der Waals surface area contributed by atoms with Crippen molar-refractivity contribution in [2.75, 3.05) is 26.2 Å². The van der Waals surface area contributed by atoms with E-state index in [1.807, 2.05) is 0 Å². The minimum Gasteiger partial charge on any atom is -0.486 e. The molecule has 8 heteroatoms. The van der Waals surface area contributed by atoms with Crippen LogP contribution in [0.4, 0.5) is 4.39 Å². The predicted octanol–water partition coefficient (Wildman–Crippen LogP) is 2.17. The van der Waals surface area contributed by atoms with Crippen LogP contribution in [0.15, 0.2) is 29.6 Å². The second-order valence-corrected chi connectivity index (χ2v) is 6.61. The average molecular weight is 363 g/mol. The molecule has 0 N–H and O–H groups in total. The van der Waals surface area contributed by atoms with Gasteiger partial charge in [-0.15, -0.1) is 11.3 Å². The summed E-state index contributed by atoms with van der Waals surface area (Å²) >= 11 is 1.33. The van der Waals surface area contributed by atoms with Crippen LogP contribution in [0, 0.1) is 5.82 Å². The van der Waals surface area contributed by atoms with Crippen LogP contribution in [0.5, 0.6) is 5.75 Å². The number of nitrogens with zero attached hydrogens (tertiary/aromatic N) is 3. The molecular formula is C17H18FN3O3S. The molecule has 1 fully saturated rings. The van der Waals surface area contributed by atoms with Gasteiger partial charge in [0, 0.05) is 44.5 Å². The van der Waals surface area contributed by atoms with Gasteiger partial charge in [0.15, 0.2) is 0 Å². The van der Waals surface area contributed by atoms with Crippen LogP contribution in [0.2, 0.25) is 0 Å². The molecule has 0 aliphatic carbocycles. The summed E-state index contributed by atoms with van der Waals surface area (Å²) in [6.07, 6.45) is 0. The quantitative estimate of drug-likeness (QED) is 0.835. The lowest BCUT2D eigenvalue weighted by Crippen LogP contribution is -2.50. The third-order valence-electron chi connectivity index (χ3n) is 3.94. The SMILES string of the molecule is CC(=O)N1CCN(C(=O)c2csc(COc3cccc(F)c3)n2)CC1. The summed E-state index contributed by atoms with van der Waals surface area (Å²) in [5.74, 6) is -0.0605. The number of ether oxygens (including phenoxy) is 1. The first kappa shape index (κ1) is 17.3. The Balaban J connectivity index is 1.56. The lowest BCUT2D eigenvalue weighted by atomic mass is 10.3. The summed E-state index contributed by atoms with van der Waals surface area (Å²) in [7, 11) is 0. The van der Waals surface area contributed by atoms with Crippen LogP contribution in [-0.4, -0.2) is 52.8 Å². The smallest absolute Gasteiger partial charge is 0.273 e. The molecular weight excluding hydrogens is 345 g/mol. The molecule has 2 amide bonds. The first-order valence-corrected chi connectivity index (χ1v) is 8.78. The third-order valence-corrected chi connectivity index (χ3v) is 4.76. The zero-order chi connectivity index (χ0) is 17.8. The van der Waals surface area contributed by atoms with Gasteiger partial charge in [0.1, 0.15) is 28.9 Å². The molecule has 6 nitrogen and oxygen atoms in total. The van der Waals surface area contributed by atoms with Crippen molar-refractivity contribution in [3.8, 4) is 5.75 Å². The van der Waals surface area contributed by atoms with E-state index in [1.54, 1.807) is 27.3 Å². The van der Waals surface area contributed by atoms with Gasteiger partial charge in [0.2, 0.25) is 5.91 Å². The highest BCUT2D eigenvalue weighted by atomic mass is 32.1. The number of carbonyl (C=O) groups is 2. The van der Waals surface area contributed by atoms with E-state index < -0.39 is 0 Å². The summed E-state index contributed by atoms with van der Waals surface area (Å²) in [6.45, 7) is 3.81. The van der Waals surface area contributed by atoms with E-state index in [0.29, 0.717) is 42.6 Å². The Hall–Kier alpha value is -2.48. The minimum absolute atomic E-state index is 0.0255. The van der Waals surface area contributed by atoms with Crippen LogP contribution < -0.4 is 4.74 Å². The van der Waals surface area contributed by atoms with Crippen molar-refractivity contribution < 1.29 is 18.7 Å². The molecule has 3 rings (SSSR count). The van der Waals surface area contributed by atoms with E-state index in [4.69, 9.17) is 4.74 Å². The highest BCUT2D eigenvalue weighted by molar-refractivity contribution is 7.09. The zero-order valence-electron chi connectivity index (χ0n) is 13.8. The molecule has 25 heavy (non-hydrogen) atoms. The van der Waals surface area contributed by atoms with Gasteiger partial charge in [-0.3, -0.25) is 9.59 Å². The molecule has 1 aliphatic rings. The number of amides is 2. The van der Waals surface area contributed by atoms with Crippen molar-refractivity contribution in [1.82, 2.24) is 14.8 Å². The van der Waals surface area contributed by atoms with E-state index in [0.717, 1.165) is 0 Å². The third kappa shape index (κ3) is 4.33. The molecule has 0 spiro atoms. The molecule has 1 saturated heterocycles. The number of hydrogen-bond acceptors (Lipinski definition) is 5. The van der Waals surface area contributed by atoms with E-state index >= 15 is 0 Å². The van der Waals surface area contributed by atoms with Gasteiger partial charge < -0.3 is 14.5 Å². The monoisotopic (exact) mass is 363 g/mol. The minimum atomic E-state index is -0.364. The Kier molecular flexibility index (Phi) is 5.28. The molecule has 2 aromatic rings. The highest BCUT2D eigenvalue weighted by Crippen LogP contribution is 2.17. The maximum atomic E-state index is 13.1. The van der Waals surface area contributed by atoms with Crippen LogP contribution in [0.25, 0.3) is 0 Å². The van der Waals surface area contributed by atoms with Crippen molar-refractivity contribution in [3.05, 3.63) is 46.2 Å². The number of hydrogen-bond donors (Lipinski definition) is 0. The van der Waals surface area contributed by atoms with Gasteiger partial charge in [0.25, 0.3) is 5.91 Å². The van der Waals surface area contributed by atoms with Crippen molar-refractivity contribution in [2.45, 2.75) is 13.5 Å². The summed E-state index contributed by atoms with van der Waals surface area (Å²) in [5.41, 5.74) is 0.374. The number of halogens is 1. The summed E-state index contributed by atoms with van der Waals surface area (Å²) in [5, 5.41) is 2.35. The van der Waals surface area contributed by atoms with Crippen molar-refractivity contribution in [2.24, 2.45) is 0 Å². The summed E-state index contributed by atoms with van der Waals surface area (Å²) in [6, 6.07) is 5.88. The summed E-state index contributed by atoms with van der Waals surface area (Å²) in [4.78, 5) is 31.5. The second-order valence-electron chi connectivity index (χ2n) is 5.67. The normalized spacial score (nSPS) is 14.5. The van der Waals surface area contributed by atoms with Crippen LogP contribution in [0.3, 0.4) is 0 Å². The number of aromatic nitrogens is 1. The first-order valence-electron chi connectivity index (χ1n) is 7.90. The van der Waals surface area contributed by atoms with Crippen LogP contribution in [0.1, 0.15) is 22.4 Å². The van der Waals surface area contributed by atoms with E-state index in [-0.39, 0.29) is 24.2 Å². The molecule has 2 heterocycles. The number of carbonyl (C=O) groups excluding carboxylic acids is 2. The van der Waals surface area contributed by atoms with Gasteiger partial charge in [-0.25, -0.2) is 9.37 Å². The Morgan fingerprint density at radius 1 is 1.24 bits per heavy atom. The molecule has 1 aliphatic heterocycles. The topological polar surface area (TPSA) is 62.7 Å². The van der Waals surface area contributed by atoms with Crippen molar-refractivity contribution in [1.29, 1.82) is 0 Å². The Labute approximate surface area is 148 Å². The molecule has 1 aromatic heterocycles. The fourth-order valence-electron chi connectivity index (χ4n) is 2.56. The Morgan fingerprint density at radius 2 is 1.96 bits per heavy atom. The molecule has 0 saturated carbocycles. The predicted molar refractivity (Wildman–Crippen MR) is 91.0 cm³/mol. The number of rotatable bonds is 4. The number of benzene rings is 1. The van der Waals surface area contributed by atoms with Gasteiger partial charge in [0.05, 0.1) is 0 Å². The van der Waals surface area contributed by atoms with E-state index in [1.165, 1.54) is 30.4 Å². The van der Waals surface area contributed by atoms with Gasteiger partial charge >= 0.3 is 0 Å². The molecule has 0 bridgehead atoms. The highest BCUT2D eigenvalue weighted by Gasteiger charge is 2.24. The van der Waals surface area contributed by atoms with Gasteiger partial charge in [-0.1, -0.05) is 6.07 Å². The fourth-order valence-corrected chi connectivity index (χ4v) is 3.24. The fraction of sp³-hybridized carbons (Fsp3) is 0.353. The second kappa shape index (κ2) is 7.60. The molecule has 132 valence electrons. The molecule has 0 unspecified atom stereocenters. The number of thiazole rings is 1. The number of piperazine rings is 1. The zero-order valence-corrected chi connectivity index (χ0v) is 14.6. The maximum Gasteiger partial charge on any atom is 0.273 e. The van der Waals surface area contributed by atoms with Crippen LogP contribution in [-0.2, 0) is 11.4 Å². The maximum absolute atomic E-state index is 13.1. The Morgan fingerprint density at radius 3 is 2.64 bits per heavy atom.